The van der Waals surface area contributed by atoms with Gasteiger partial charge < -0.3 is 9.64 Å². The number of likely N-dealkylation sites (tertiary alicyclic amines) is 1. The van der Waals surface area contributed by atoms with Gasteiger partial charge in [0.25, 0.3) is 0 Å². The first-order valence-electron chi connectivity index (χ1n) is 9.56. The fraction of sp³-hybridized carbons (Fsp3) is 0.619. The molecule has 1 aliphatic heterocycles. The minimum atomic E-state index is -0.224. The minimum Gasteiger partial charge on any atom is -0.445 e. The van der Waals surface area contributed by atoms with Crippen molar-refractivity contribution in [1.29, 1.82) is 5.26 Å². The maximum atomic E-state index is 12.4. The predicted octanol–water partition coefficient (Wildman–Crippen LogP) is 4.90. The summed E-state index contributed by atoms with van der Waals surface area (Å²) in [5, 5.41) is 9.34. The molecule has 1 heterocycles. The van der Waals surface area contributed by atoms with E-state index in [0.717, 1.165) is 18.4 Å². The van der Waals surface area contributed by atoms with Crippen molar-refractivity contribution in [3.05, 3.63) is 35.9 Å². The Bertz CT molecular complexity index is 594. The van der Waals surface area contributed by atoms with Gasteiger partial charge in [-0.3, -0.25) is 0 Å². The lowest BCUT2D eigenvalue weighted by molar-refractivity contribution is 0.0237. The molecule has 0 bridgehead atoms. The van der Waals surface area contributed by atoms with Crippen LogP contribution in [-0.2, 0) is 11.3 Å². The SMILES string of the molecule is N#CCC1(C2CCCCC2)CCN(C(=O)OCc2ccccc2)CC1. The summed E-state index contributed by atoms with van der Waals surface area (Å²) in [6, 6.07) is 12.2. The van der Waals surface area contributed by atoms with Crippen molar-refractivity contribution in [3.8, 4) is 6.07 Å². The molecular weight excluding hydrogens is 312 g/mol. The molecule has 0 unspecified atom stereocenters. The van der Waals surface area contributed by atoms with Crippen molar-refractivity contribution in [2.45, 2.75) is 58.0 Å². The van der Waals surface area contributed by atoms with Crippen LogP contribution in [0.3, 0.4) is 0 Å². The third kappa shape index (κ3) is 4.34. The number of carbonyl (C=O) groups excluding carboxylic acids is 1. The van der Waals surface area contributed by atoms with Crippen LogP contribution in [0.1, 0.15) is 56.9 Å². The molecule has 1 aromatic carbocycles. The third-order valence-electron chi connectivity index (χ3n) is 6.12. The van der Waals surface area contributed by atoms with Crippen LogP contribution < -0.4 is 0 Å². The van der Waals surface area contributed by atoms with Crippen molar-refractivity contribution in [2.75, 3.05) is 13.1 Å². The van der Waals surface area contributed by atoms with E-state index in [0.29, 0.717) is 32.0 Å². The highest BCUT2D eigenvalue weighted by Crippen LogP contribution is 2.48. The van der Waals surface area contributed by atoms with Crippen molar-refractivity contribution < 1.29 is 9.53 Å². The van der Waals surface area contributed by atoms with Crippen LogP contribution in [-0.4, -0.2) is 24.1 Å². The second kappa shape index (κ2) is 8.38. The highest BCUT2D eigenvalue weighted by molar-refractivity contribution is 5.67. The molecule has 0 aromatic heterocycles. The summed E-state index contributed by atoms with van der Waals surface area (Å²) in [7, 11) is 0. The lowest BCUT2D eigenvalue weighted by Crippen LogP contribution is -2.46. The van der Waals surface area contributed by atoms with Gasteiger partial charge in [0, 0.05) is 19.5 Å². The van der Waals surface area contributed by atoms with E-state index < -0.39 is 0 Å². The molecule has 1 amide bonds. The summed E-state index contributed by atoms with van der Waals surface area (Å²) in [5.74, 6) is 0.656. The van der Waals surface area contributed by atoms with Crippen LogP contribution in [0.25, 0.3) is 0 Å². The Hall–Kier alpha value is -2.02. The van der Waals surface area contributed by atoms with E-state index in [1.165, 1.54) is 32.1 Å². The summed E-state index contributed by atoms with van der Waals surface area (Å²) in [5.41, 5.74) is 1.12. The number of nitrogens with zero attached hydrogens (tertiary/aromatic N) is 2. The van der Waals surface area contributed by atoms with Gasteiger partial charge in [-0.2, -0.15) is 5.26 Å². The maximum Gasteiger partial charge on any atom is 0.410 e. The summed E-state index contributed by atoms with van der Waals surface area (Å²) in [6.07, 6.45) is 8.69. The van der Waals surface area contributed by atoms with Gasteiger partial charge in [0.05, 0.1) is 6.07 Å². The zero-order valence-corrected chi connectivity index (χ0v) is 15.0. The van der Waals surface area contributed by atoms with E-state index in [1.54, 1.807) is 0 Å². The highest BCUT2D eigenvalue weighted by Gasteiger charge is 2.42. The van der Waals surface area contributed by atoms with Crippen molar-refractivity contribution in [3.63, 3.8) is 0 Å². The van der Waals surface area contributed by atoms with E-state index in [-0.39, 0.29) is 11.5 Å². The Morgan fingerprint density at radius 2 is 1.84 bits per heavy atom. The van der Waals surface area contributed by atoms with Crippen LogP contribution in [0.5, 0.6) is 0 Å². The van der Waals surface area contributed by atoms with E-state index in [1.807, 2.05) is 35.2 Å². The molecule has 1 aromatic rings. The zero-order valence-electron chi connectivity index (χ0n) is 15.0. The largest absolute Gasteiger partial charge is 0.445 e. The molecule has 0 atom stereocenters. The topological polar surface area (TPSA) is 53.3 Å². The van der Waals surface area contributed by atoms with Gasteiger partial charge >= 0.3 is 6.09 Å². The van der Waals surface area contributed by atoms with Gasteiger partial charge in [0.1, 0.15) is 6.61 Å². The summed E-state index contributed by atoms with van der Waals surface area (Å²) in [6.45, 7) is 1.75. The van der Waals surface area contributed by atoms with Crippen molar-refractivity contribution >= 4 is 6.09 Å². The Morgan fingerprint density at radius 3 is 2.48 bits per heavy atom. The molecule has 2 aliphatic rings. The smallest absolute Gasteiger partial charge is 0.410 e. The first-order chi connectivity index (χ1) is 12.2. The number of benzene rings is 1. The molecule has 4 heteroatoms. The lowest BCUT2D eigenvalue weighted by Gasteiger charge is -2.46. The Morgan fingerprint density at radius 1 is 1.16 bits per heavy atom. The molecular formula is C21H28N2O2. The van der Waals surface area contributed by atoms with Gasteiger partial charge in [-0.25, -0.2) is 4.79 Å². The van der Waals surface area contributed by atoms with Gasteiger partial charge in [0.15, 0.2) is 0 Å². The first kappa shape index (κ1) is 17.8. The number of hydrogen-bond donors (Lipinski definition) is 0. The van der Waals surface area contributed by atoms with Crippen molar-refractivity contribution in [2.24, 2.45) is 11.3 Å². The molecule has 0 N–H and O–H groups in total. The Kier molecular flexibility index (Phi) is 5.96. The Labute approximate surface area is 150 Å². The summed E-state index contributed by atoms with van der Waals surface area (Å²) in [4.78, 5) is 14.2. The summed E-state index contributed by atoms with van der Waals surface area (Å²) >= 11 is 0. The van der Waals surface area contributed by atoms with Crippen LogP contribution in [0.15, 0.2) is 30.3 Å². The van der Waals surface area contributed by atoms with Crippen molar-refractivity contribution in [1.82, 2.24) is 4.90 Å². The van der Waals surface area contributed by atoms with E-state index in [9.17, 15) is 10.1 Å². The number of ether oxygens (including phenoxy) is 1. The zero-order chi connectivity index (χ0) is 17.5. The first-order valence-corrected chi connectivity index (χ1v) is 9.56. The van der Waals surface area contributed by atoms with E-state index >= 15 is 0 Å². The molecule has 1 saturated carbocycles. The highest BCUT2D eigenvalue weighted by atomic mass is 16.6. The van der Waals surface area contributed by atoms with E-state index in [4.69, 9.17) is 4.74 Å². The predicted molar refractivity (Wildman–Crippen MR) is 96.7 cm³/mol. The normalized spacial score (nSPS) is 20.7. The molecule has 2 fully saturated rings. The minimum absolute atomic E-state index is 0.116. The standard InChI is InChI=1S/C21H28N2O2/c22-14-11-21(19-9-5-2-6-10-19)12-15-23(16-13-21)20(24)25-17-18-7-3-1-4-8-18/h1,3-4,7-8,19H,2,5-6,9-13,15-17H2. The van der Waals surface area contributed by atoms with Gasteiger partial charge in [-0.15, -0.1) is 0 Å². The second-order valence-corrected chi connectivity index (χ2v) is 7.56. The van der Waals surface area contributed by atoms with E-state index in [2.05, 4.69) is 6.07 Å². The summed E-state index contributed by atoms with van der Waals surface area (Å²) < 4.78 is 5.46. The maximum absolute atomic E-state index is 12.4. The Balaban J connectivity index is 1.54. The lowest BCUT2D eigenvalue weighted by atomic mass is 9.62. The van der Waals surface area contributed by atoms with Crippen LogP contribution in [0, 0.1) is 22.7 Å². The molecule has 134 valence electrons. The second-order valence-electron chi connectivity index (χ2n) is 7.56. The fourth-order valence-corrected chi connectivity index (χ4v) is 4.55. The molecule has 0 radical (unpaired) electrons. The number of piperidine rings is 1. The average molecular weight is 340 g/mol. The number of rotatable bonds is 4. The number of hydrogen-bond acceptors (Lipinski definition) is 3. The third-order valence-corrected chi connectivity index (χ3v) is 6.12. The molecule has 0 spiro atoms. The molecule has 1 saturated heterocycles. The number of nitriles is 1. The monoisotopic (exact) mass is 340 g/mol. The molecule has 4 nitrogen and oxygen atoms in total. The fourth-order valence-electron chi connectivity index (χ4n) is 4.55. The van der Waals surface area contributed by atoms with Gasteiger partial charge in [0.2, 0.25) is 0 Å². The number of amides is 1. The van der Waals surface area contributed by atoms with Crippen LogP contribution >= 0.6 is 0 Å². The van der Waals surface area contributed by atoms with Gasteiger partial charge in [-0.1, -0.05) is 49.6 Å². The van der Waals surface area contributed by atoms with Crippen LogP contribution in [0.2, 0.25) is 0 Å². The quantitative estimate of drug-likeness (QED) is 0.783. The van der Waals surface area contributed by atoms with Gasteiger partial charge in [-0.05, 0) is 42.6 Å². The molecule has 3 rings (SSSR count). The number of carbonyl (C=O) groups is 1. The molecule has 25 heavy (non-hydrogen) atoms. The average Bonchev–Trinajstić information content (AvgIpc) is 2.68. The molecule has 1 aliphatic carbocycles. The van der Waals surface area contributed by atoms with Crippen LogP contribution in [0.4, 0.5) is 4.79 Å².